The highest BCUT2D eigenvalue weighted by atomic mass is 35.5. The van der Waals surface area contributed by atoms with Crippen LogP contribution in [0.1, 0.15) is 11.1 Å². The maximum Gasteiger partial charge on any atom is 0.0718 e. The number of nitrogens with one attached hydrogen (secondary N) is 1. The molecule has 0 aliphatic rings. The van der Waals surface area contributed by atoms with Gasteiger partial charge in [-0.1, -0.05) is 23.7 Å². The number of hydrogen-bond acceptors (Lipinski definition) is 3. The highest BCUT2D eigenvalue weighted by molar-refractivity contribution is 7.07. The van der Waals surface area contributed by atoms with Gasteiger partial charge in [-0.25, -0.2) is 0 Å². The highest BCUT2D eigenvalue weighted by Crippen LogP contribution is 2.11. The van der Waals surface area contributed by atoms with Crippen molar-refractivity contribution in [3.8, 4) is 0 Å². The van der Waals surface area contributed by atoms with Gasteiger partial charge >= 0.3 is 0 Å². The second kappa shape index (κ2) is 8.33. The lowest BCUT2D eigenvalue weighted by Crippen LogP contribution is -2.22. The summed E-state index contributed by atoms with van der Waals surface area (Å²) in [7, 11) is 0. The lowest BCUT2D eigenvalue weighted by atomic mass is 10.2. The Bertz CT molecular complexity index is 473. The Morgan fingerprint density at radius 2 is 2.11 bits per heavy atom. The molecule has 0 atom stereocenters. The molecule has 0 spiro atoms. The maximum absolute atomic E-state index is 5.91. The molecule has 0 saturated heterocycles. The van der Waals surface area contributed by atoms with Crippen LogP contribution in [-0.2, 0) is 17.8 Å². The molecule has 0 amide bonds. The van der Waals surface area contributed by atoms with E-state index in [4.69, 9.17) is 16.3 Å². The van der Waals surface area contributed by atoms with Gasteiger partial charge in [0.25, 0.3) is 0 Å². The number of benzene rings is 1. The average Bonchev–Trinajstić information content (AvgIpc) is 2.91. The first-order valence-electron chi connectivity index (χ1n) is 6.38. The van der Waals surface area contributed by atoms with Gasteiger partial charge in [0.15, 0.2) is 0 Å². The third-order valence-corrected chi connectivity index (χ3v) is 3.72. The van der Waals surface area contributed by atoms with E-state index in [1.165, 1.54) is 5.56 Å². The zero-order valence-electron chi connectivity index (χ0n) is 10.8. The Balaban J connectivity index is 1.50. The summed E-state index contributed by atoms with van der Waals surface area (Å²) >= 11 is 7.65. The highest BCUT2D eigenvalue weighted by Gasteiger charge is 1.95. The standard InChI is InChI=1S/C15H18ClNOS/c16-15-3-1-2-14(10-15)11-18-8-7-17-6-4-13-5-9-19-12-13/h1-3,5,9-10,12,17H,4,6-8,11H2. The van der Waals surface area contributed by atoms with Crippen LogP contribution in [-0.4, -0.2) is 19.7 Å². The Labute approximate surface area is 123 Å². The topological polar surface area (TPSA) is 21.3 Å². The second-order valence-corrected chi connectivity index (χ2v) is 5.53. The largest absolute Gasteiger partial charge is 0.375 e. The van der Waals surface area contributed by atoms with Crippen molar-refractivity contribution in [3.63, 3.8) is 0 Å². The van der Waals surface area contributed by atoms with Crippen molar-refractivity contribution in [2.75, 3.05) is 19.7 Å². The number of ether oxygens (including phenoxy) is 1. The first kappa shape index (κ1) is 14.5. The second-order valence-electron chi connectivity index (χ2n) is 4.31. The number of halogens is 1. The van der Waals surface area contributed by atoms with E-state index in [-0.39, 0.29) is 0 Å². The molecule has 0 aliphatic carbocycles. The number of hydrogen-bond donors (Lipinski definition) is 1. The lowest BCUT2D eigenvalue weighted by Gasteiger charge is -2.06. The van der Waals surface area contributed by atoms with E-state index >= 15 is 0 Å². The number of thiophene rings is 1. The maximum atomic E-state index is 5.91. The van der Waals surface area contributed by atoms with E-state index in [1.54, 1.807) is 11.3 Å². The molecule has 19 heavy (non-hydrogen) atoms. The van der Waals surface area contributed by atoms with Gasteiger partial charge in [0.1, 0.15) is 0 Å². The Hall–Kier alpha value is -0.870. The molecule has 102 valence electrons. The van der Waals surface area contributed by atoms with Crippen LogP contribution in [0.4, 0.5) is 0 Å². The van der Waals surface area contributed by atoms with E-state index in [0.717, 1.165) is 36.7 Å². The normalized spacial score (nSPS) is 10.8. The monoisotopic (exact) mass is 295 g/mol. The van der Waals surface area contributed by atoms with Crippen LogP contribution in [0.15, 0.2) is 41.1 Å². The predicted molar refractivity (Wildman–Crippen MR) is 82.0 cm³/mol. The van der Waals surface area contributed by atoms with Gasteiger partial charge < -0.3 is 10.1 Å². The van der Waals surface area contributed by atoms with E-state index < -0.39 is 0 Å². The molecule has 2 nitrogen and oxygen atoms in total. The van der Waals surface area contributed by atoms with Gasteiger partial charge in [-0.05, 0) is 53.1 Å². The molecular formula is C15H18ClNOS. The van der Waals surface area contributed by atoms with Crippen LogP contribution in [0.5, 0.6) is 0 Å². The first-order chi connectivity index (χ1) is 9.34. The van der Waals surface area contributed by atoms with Crippen LogP contribution in [0.2, 0.25) is 5.02 Å². The van der Waals surface area contributed by atoms with Crippen molar-refractivity contribution in [1.29, 1.82) is 0 Å². The van der Waals surface area contributed by atoms with Gasteiger partial charge in [-0.3, -0.25) is 0 Å². The van der Waals surface area contributed by atoms with Crippen molar-refractivity contribution >= 4 is 22.9 Å². The van der Waals surface area contributed by atoms with Crippen LogP contribution < -0.4 is 5.32 Å². The molecule has 4 heteroatoms. The lowest BCUT2D eigenvalue weighted by molar-refractivity contribution is 0.123. The van der Waals surface area contributed by atoms with Gasteiger partial charge in [0.05, 0.1) is 13.2 Å². The Morgan fingerprint density at radius 3 is 2.89 bits per heavy atom. The Kier molecular flexibility index (Phi) is 6.37. The minimum atomic E-state index is 0.618. The summed E-state index contributed by atoms with van der Waals surface area (Å²) in [6.45, 7) is 3.21. The molecule has 1 N–H and O–H groups in total. The van der Waals surface area contributed by atoms with E-state index in [9.17, 15) is 0 Å². The molecule has 0 bridgehead atoms. The predicted octanol–water partition coefficient (Wildman–Crippen LogP) is 3.75. The summed E-state index contributed by atoms with van der Waals surface area (Å²) in [6, 6.07) is 9.95. The summed E-state index contributed by atoms with van der Waals surface area (Å²) in [5, 5.41) is 8.44. The minimum Gasteiger partial charge on any atom is -0.375 e. The summed E-state index contributed by atoms with van der Waals surface area (Å²) in [4.78, 5) is 0. The van der Waals surface area contributed by atoms with Gasteiger partial charge in [-0.2, -0.15) is 11.3 Å². The molecule has 2 aromatic rings. The van der Waals surface area contributed by atoms with Crippen molar-refractivity contribution in [2.45, 2.75) is 13.0 Å². The molecule has 1 aromatic carbocycles. The fourth-order valence-corrected chi connectivity index (χ4v) is 2.67. The first-order valence-corrected chi connectivity index (χ1v) is 7.70. The van der Waals surface area contributed by atoms with Crippen molar-refractivity contribution in [1.82, 2.24) is 5.32 Å². The fraction of sp³-hybridized carbons (Fsp3) is 0.333. The minimum absolute atomic E-state index is 0.618. The van der Waals surface area contributed by atoms with Gasteiger partial charge in [-0.15, -0.1) is 0 Å². The van der Waals surface area contributed by atoms with Crippen LogP contribution in [0, 0.1) is 0 Å². The van der Waals surface area contributed by atoms with Gasteiger partial charge in [0.2, 0.25) is 0 Å². The van der Waals surface area contributed by atoms with Crippen molar-refractivity contribution < 1.29 is 4.74 Å². The smallest absolute Gasteiger partial charge is 0.0718 e. The van der Waals surface area contributed by atoms with Crippen molar-refractivity contribution in [3.05, 3.63) is 57.2 Å². The quantitative estimate of drug-likeness (QED) is 0.749. The summed E-state index contributed by atoms with van der Waals surface area (Å²) < 4.78 is 5.59. The van der Waals surface area contributed by atoms with Crippen LogP contribution >= 0.6 is 22.9 Å². The summed E-state index contributed by atoms with van der Waals surface area (Å²) in [5.41, 5.74) is 2.52. The SMILES string of the molecule is Clc1cccc(COCCNCCc2ccsc2)c1. The van der Waals surface area contributed by atoms with E-state index in [1.807, 2.05) is 24.3 Å². The zero-order valence-corrected chi connectivity index (χ0v) is 12.3. The molecular weight excluding hydrogens is 278 g/mol. The van der Waals surface area contributed by atoms with Crippen LogP contribution in [0.3, 0.4) is 0 Å². The molecule has 0 saturated carbocycles. The molecule has 0 radical (unpaired) electrons. The fourth-order valence-electron chi connectivity index (χ4n) is 1.75. The van der Waals surface area contributed by atoms with Crippen molar-refractivity contribution in [2.24, 2.45) is 0 Å². The molecule has 0 aliphatic heterocycles. The molecule has 2 rings (SSSR count). The average molecular weight is 296 g/mol. The number of rotatable bonds is 8. The molecule has 0 fully saturated rings. The Morgan fingerprint density at radius 1 is 1.16 bits per heavy atom. The van der Waals surface area contributed by atoms with Crippen LogP contribution in [0.25, 0.3) is 0 Å². The zero-order chi connectivity index (χ0) is 13.3. The van der Waals surface area contributed by atoms with E-state index in [0.29, 0.717) is 6.61 Å². The molecule has 1 aromatic heterocycles. The molecule has 0 unspecified atom stereocenters. The van der Waals surface area contributed by atoms with E-state index in [2.05, 4.69) is 22.1 Å². The third kappa shape index (κ3) is 5.74. The summed E-state index contributed by atoms with van der Waals surface area (Å²) in [5.74, 6) is 0. The third-order valence-electron chi connectivity index (χ3n) is 2.75. The molecule has 1 heterocycles. The summed E-state index contributed by atoms with van der Waals surface area (Å²) in [6.07, 6.45) is 1.08. The van der Waals surface area contributed by atoms with Gasteiger partial charge in [0, 0.05) is 11.6 Å².